The molecule has 8 nitrogen and oxygen atoms in total. The van der Waals surface area contributed by atoms with Gasteiger partial charge in [0.25, 0.3) is 0 Å². The van der Waals surface area contributed by atoms with Gasteiger partial charge in [0.15, 0.2) is 0 Å². The van der Waals surface area contributed by atoms with Crippen molar-refractivity contribution in [2.45, 2.75) is 58.6 Å². The van der Waals surface area contributed by atoms with Crippen molar-refractivity contribution in [3.05, 3.63) is 36.3 Å². The Morgan fingerprint density at radius 2 is 1.90 bits per heavy atom. The number of aryl methyl sites for hydroxylation is 1. The first-order valence-corrected chi connectivity index (χ1v) is 9.44. The summed E-state index contributed by atoms with van der Waals surface area (Å²) in [6.07, 6.45) is 7.09. The molecule has 2 aromatic heterocycles. The summed E-state index contributed by atoms with van der Waals surface area (Å²) in [5.74, 6) is -1.05. The van der Waals surface area contributed by atoms with Crippen molar-refractivity contribution >= 4 is 30.9 Å². The average Bonchev–Trinajstić information content (AvgIpc) is 3.08. The molecule has 0 bridgehead atoms. The number of rotatable bonds is 9. The van der Waals surface area contributed by atoms with Gasteiger partial charge in [0.1, 0.15) is 11.3 Å². The molecule has 0 saturated carbocycles. The fourth-order valence-corrected chi connectivity index (χ4v) is 2.59. The third-order valence-electron chi connectivity index (χ3n) is 3.88. The zero-order chi connectivity index (χ0) is 20.6. The number of carboxylic acid groups (broad SMARTS) is 1. The van der Waals surface area contributed by atoms with E-state index in [4.69, 9.17) is 9.84 Å². The average molecular weight is 396 g/mol. The predicted octanol–water partition coefficient (Wildman–Crippen LogP) is 3.08. The van der Waals surface area contributed by atoms with Gasteiger partial charge in [0.2, 0.25) is 0 Å². The van der Waals surface area contributed by atoms with Gasteiger partial charge >= 0.3 is 30.9 Å². The summed E-state index contributed by atoms with van der Waals surface area (Å²) in [5, 5.41) is 16.1. The number of unbranched alkanes of at least 4 members (excludes halogenated alkanes) is 3. The summed E-state index contributed by atoms with van der Waals surface area (Å²) >= 11 is 0. The van der Waals surface area contributed by atoms with E-state index in [9.17, 15) is 9.59 Å². The van der Waals surface area contributed by atoms with Crippen molar-refractivity contribution in [2.24, 2.45) is 0 Å². The first kappa shape index (κ1) is 24.7. The molecule has 1 amide bonds. The summed E-state index contributed by atoms with van der Waals surface area (Å²) in [7, 11) is 0. The van der Waals surface area contributed by atoms with E-state index in [1.165, 1.54) is 6.07 Å². The van der Waals surface area contributed by atoms with Crippen LogP contribution in [0.2, 0.25) is 0 Å². The van der Waals surface area contributed by atoms with E-state index >= 15 is 0 Å². The Balaban J connectivity index is 0.00000420. The predicted molar refractivity (Wildman–Crippen MR) is 112 cm³/mol. The third-order valence-corrected chi connectivity index (χ3v) is 3.88. The van der Waals surface area contributed by atoms with Crippen molar-refractivity contribution in [1.29, 1.82) is 0 Å². The maximum absolute atomic E-state index is 11.5. The Labute approximate surface area is 183 Å². The van der Waals surface area contributed by atoms with Gasteiger partial charge in [-0.1, -0.05) is 18.9 Å². The molecule has 2 aromatic rings. The van der Waals surface area contributed by atoms with Crippen LogP contribution >= 0.6 is 0 Å². The molecule has 0 fully saturated rings. The number of nitrogens with zero attached hydrogens (tertiary/aromatic N) is 3. The zero-order valence-corrected chi connectivity index (χ0v) is 16.6. The molecule has 29 heavy (non-hydrogen) atoms. The summed E-state index contributed by atoms with van der Waals surface area (Å²) in [4.78, 5) is 26.7. The van der Waals surface area contributed by atoms with Crippen LogP contribution in [0.5, 0.6) is 0 Å². The van der Waals surface area contributed by atoms with Crippen LogP contribution < -0.4 is 5.32 Å². The number of hydrogen-bond donors (Lipinski definition) is 2. The number of carboxylic acids is 1. The topological polar surface area (TPSA) is 106 Å². The fraction of sp³-hybridized carbons (Fsp3) is 0.500. The molecule has 2 N–H and O–H groups in total. The molecule has 154 valence electrons. The Morgan fingerprint density at radius 3 is 2.59 bits per heavy atom. The molecular weight excluding hydrogens is 367 g/mol. The number of carbonyl (C=O) groups excluding carboxylic acids is 1. The van der Waals surface area contributed by atoms with Crippen LogP contribution in [0, 0.1) is 0 Å². The molecule has 0 saturated heterocycles. The Bertz CT molecular complexity index is 802. The van der Waals surface area contributed by atoms with Crippen molar-refractivity contribution in [1.82, 2.24) is 20.1 Å². The normalized spacial score (nSPS) is 10.9. The first-order valence-electron chi connectivity index (χ1n) is 9.44. The van der Waals surface area contributed by atoms with Crippen LogP contribution in [-0.4, -0.2) is 62.9 Å². The quantitative estimate of drug-likeness (QED) is 0.498. The second-order valence-electron chi connectivity index (χ2n) is 7.55. The first-order chi connectivity index (χ1) is 13.2. The van der Waals surface area contributed by atoms with Gasteiger partial charge in [-0.25, -0.2) is 14.6 Å². The van der Waals surface area contributed by atoms with Crippen molar-refractivity contribution < 1.29 is 19.4 Å². The van der Waals surface area contributed by atoms with Crippen LogP contribution in [0.4, 0.5) is 4.79 Å². The maximum atomic E-state index is 11.5. The molecule has 0 aliphatic rings. The van der Waals surface area contributed by atoms with E-state index in [0.717, 1.165) is 37.8 Å². The van der Waals surface area contributed by atoms with Crippen molar-refractivity contribution in [3.8, 4) is 11.3 Å². The minimum atomic E-state index is -1.05. The summed E-state index contributed by atoms with van der Waals surface area (Å²) in [6.45, 7) is 6.90. The van der Waals surface area contributed by atoms with E-state index in [1.807, 2.05) is 31.6 Å². The van der Waals surface area contributed by atoms with Crippen LogP contribution in [0.25, 0.3) is 11.3 Å². The van der Waals surface area contributed by atoms with Gasteiger partial charge in [0.05, 0.1) is 11.9 Å². The molecule has 2 rings (SSSR count). The third kappa shape index (κ3) is 9.16. The van der Waals surface area contributed by atoms with Crippen LogP contribution in [0.15, 0.2) is 30.6 Å². The van der Waals surface area contributed by atoms with Gasteiger partial charge in [0, 0.05) is 24.8 Å². The number of alkyl carbamates (subject to hydrolysis) is 1. The SMILES string of the molecule is CC(C)(C)OC(=O)NCCCCCCn1cc(-c2cccc(C(=O)O)n2)cn1.[LiH]. The van der Waals surface area contributed by atoms with Crippen LogP contribution in [0.3, 0.4) is 0 Å². The molecule has 0 aliphatic heterocycles. The summed E-state index contributed by atoms with van der Waals surface area (Å²) < 4.78 is 7.02. The molecule has 0 atom stereocenters. The Hall–Kier alpha value is -2.30. The van der Waals surface area contributed by atoms with Crippen LogP contribution in [-0.2, 0) is 11.3 Å². The molecule has 0 radical (unpaired) electrons. The second-order valence-corrected chi connectivity index (χ2v) is 7.55. The van der Waals surface area contributed by atoms with E-state index in [1.54, 1.807) is 18.3 Å². The summed E-state index contributed by atoms with van der Waals surface area (Å²) in [5.41, 5.74) is 0.936. The minimum absolute atomic E-state index is 0. The molecule has 9 heteroatoms. The molecule has 0 spiro atoms. The van der Waals surface area contributed by atoms with Crippen molar-refractivity contribution in [3.63, 3.8) is 0 Å². The van der Waals surface area contributed by atoms with E-state index in [-0.39, 0.29) is 30.6 Å². The number of ether oxygens (including phenoxy) is 1. The standard InChI is InChI=1S/C20H28N4O4.Li.H/c1-20(2,3)28-19(27)21-11-6-4-5-7-12-24-14-15(13-22-24)16-9-8-10-17(23-16)18(25)26;;/h8-10,13-14H,4-7,11-12H2,1-3H3,(H,21,27)(H,25,26);;. The number of aromatic carboxylic acids is 1. The second kappa shape index (κ2) is 11.6. The Morgan fingerprint density at radius 1 is 1.17 bits per heavy atom. The molecule has 0 aliphatic carbocycles. The van der Waals surface area contributed by atoms with Gasteiger partial charge in [-0.3, -0.25) is 4.68 Å². The number of carbonyl (C=O) groups is 2. The monoisotopic (exact) mass is 396 g/mol. The number of nitrogens with one attached hydrogen (secondary N) is 1. The van der Waals surface area contributed by atoms with Crippen LogP contribution in [0.1, 0.15) is 56.9 Å². The van der Waals surface area contributed by atoms with E-state index in [0.29, 0.717) is 12.2 Å². The van der Waals surface area contributed by atoms with E-state index in [2.05, 4.69) is 15.4 Å². The van der Waals surface area contributed by atoms with Gasteiger partial charge in [-0.05, 0) is 45.7 Å². The fourth-order valence-electron chi connectivity index (χ4n) is 2.59. The zero-order valence-electron chi connectivity index (χ0n) is 16.6. The van der Waals surface area contributed by atoms with Gasteiger partial charge in [-0.2, -0.15) is 5.10 Å². The summed E-state index contributed by atoms with van der Waals surface area (Å²) in [6, 6.07) is 4.91. The number of hydrogen-bond acceptors (Lipinski definition) is 5. The van der Waals surface area contributed by atoms with Crippen molar-refractivity contribution in [2.75, 3.05) is 6.54 Å². The molecule has 0 unspecified atom stereocenters. The number of pyridine rings is 1. The number of amides is 1. The Kier molecular flexibility index (Phi) is 9.93. The molecule has 2 heterocycles. The molecule has 0 aromatic carbocycles. The molecular formula is C20H29LiN4O4. The van der Waals surface area contributed by atoms with Gasteiger partial charge in [-0.15, -0.1) is 0 Å². The van der Waals surface area contributed by atoms with E-state index < -0.39 is 11.6 Å². The number of aromatic nitrogens is 3. The van der Waals surface area contributed by atoms with Gasteiger partial charge < -0.3 is 15.2 Å².